The number of nitrogens with zero attached hydrogens (tertiary/aromatic N) is 2. The summed E-state index contributed by atoms with van der Waals surface area (Å²) < 4.78 is 7.20. The molecular weight excluding hydrogens is 214 g/mol. The van der Waals surface area contributed by atoms with Gasteiger partial charge in [-0.15, -0.1) is 0 Å². The largest absolute Gasteiger partial charge is 0.494 e. The molecule has 2 aromatic rings. The van der Waals surface area contributed by atoms with Gasteiger partial charge in [0.2, 0.25) is 0 Å². The number of hydrogen-bond donors (Lipinski definition) is 1. The molecule has 0 aliphatic rings. The first-order valence-corrected chi connectivity index (χ1v) is 5.70. The summed E-state index contributed by atoms with van der Waals surface area (Å²) in [5.41, 5.74) is 8.79. The molecule has 1 aromatic carbocycles. The van der Waals surface area contributed by atoms with Gasteiger partial charge in [0.05, 0.1) is 12.3 Å². The molecule has 4 heteroatoms. The summed E-state index contributed by atoms with van der Waals surface area (Å²) in [6.07, 6.45) is 1.98. The van der Waals surface area contributed by atoms with Crippen LogP contribution in [0, 0.1) is 0 Å². The molecule has 0 spiro atoms. The van der Waals surface area contributed by atoms with Crippen molar-refractivity contribution in [2.24, 2.45) is 12.8 Å². The van der Waals surface area contributed by atoms with Gasteiger partial charge in [-0.05, 0) is 24.6 Å². The molecule has 1 heterocycles. The highest BCUT2D eigenvalue weighted by molar-refractivity contribution is 5.66. The second-order valence-corrected chi connectivity index (χ2v) is 3.82. The molecule has 4 nitrogen and oxygen atoms in total. The van der Waals surface area contributed by atoms with Crippen LogP contribution in [0.2, 0.25) is 0 Å². The quantitative estimate of drug-likeness (QED) is 0.875. The van der Waals surface area contributed by atoms with Gasteiger partial charge in [-0.3, -0.25) is 4.68 Å². The van der Waals surface area contributed by atoms with E-state index in [2.05, 4.69) is 5.10 Å². The topological polar surface area (TPSA) is 53.1 Å². The van der Waals surface area contributed by atoms with Crippen LogP contribution >= 0.6 is 0 Å². The van der Waals surface area contributed by atoms with Crippen molar-refractivity contribution < 1.29 is 4.74 Å². The highest BCUT2D eigenvalue weighted by atomic mass is 16.5. The lowest BCUT2D eigenvalue weighted by Crippen LogP contribution is -1.99. The van der Waals surface area contributed by atoms with Crippen molar-refractivity contribution in [1.82, 2.24) is 9.78 Å². The van der Waals surface area contributed by atoms with Crippen molar-refractivity contribution >= 4 is 0 Å². The molecule has 17 heavy (non-hydrogen) atoms. The molecule has 0 bridgehead atoms. The minimum absolute atomic E-state index is 0.448. The van der Waals surface area contributed by atoms with Crippen molar-refractivity contribution in [3.05, 3.63) is 36.2 Å². The van der Waals surface area contributed by atoms with Crippen molar-refractivity contribution in [2.75, 3.05) is 6.61 Å². The van der Waals surface area contributed by atoms with Crippen LogP contribution in [0.3, 0.4) is 0 Å². The van der Waals surface area contributed by atoms with E-state index in [4.69, 9.17) is 10.5 Å². The van der Waals surface area contributed by atoms with Crippen LogP contribution in [-0.4, -0.2) is 16.4 Å². The fourth-order valence-corrected chi connectivity index (χ4v) is 1.82. The Labute approximate surface area is 101 Å². The number of ether oxygens (including phenoxy) is 1. The monoisotopic (exact) mass is 231 g/mol. The standard InChI is InChI=1S/C13H17N3O/c1-3-17-11-6-4-10(5-7-11)12-9-16(2)15-13(12)8-14/h4-7,9H,3,8,14H2,1-2H3. The van der Waals surface area contributed by atoms with Crippen LogP contribution in [0.5, 0.6) is 5.75 Å². The third kappa shape index (κ3) is 2.47. The van der Waals surface area contributed by atoms with Gasteiger partial charge in [-0.2, -0.15) is 5.10 Å². The normalized spacial score (nSPS) is 10.5. The van der Waals surface area contributed by atoms with Crippen molar-refractivity contribution in [3.63, 3.8) is 0 Å². The van der Waals surface area contributed by atoms with Crippen LogP contribution in [0.25, 0.3) is 11.1 Å². The first-order chi connectivity index (χ1) is 8.24. The van der Waals surface area contributed by atoms with E-state index < -0.39 is 0 Å². The van der Waals surface area contributed by atoms with Crippen LogP contribution in [-0.2, 0) is 13.6 Å². The number of hydrogen-bond acceptors (Lipinski definition) is 3. The van der Waals surface area contributed by atoms with Gasteiger partial charge in [-0.1, -0.05) is 12.1 Å². The van der Waals surface area contributed by atoms with E-state index in [9.17, 15) is 0 Å². The zero-order chi connectivity index (χ0) is 12.3. The zero-order valence-corrected chi connectivity index (χ0v) is 10.2. The summed E-state index contributed by atoms with van der Waals surface area (Å²) in [5, 5.41) is 4.32. The van der Waals surface area contributed by atoms with Gasteiger partial charge < -0.3 is 10.5 Å². The van der Waals surface area contributed by atoms with Crippen LogP contribution < -0.4 is 10.5 Å². The molecule has 2 rings (SSSR count). The molecule has 0 aliphatic carbocycles. The molecule has 0 saturated carbocycles. The predicted molar refractivity (Wildman–Crippen MR) is 67.7 cm³/mol. The number of rotatable bonds is 4. The van der Waals surface area contributed by atoms with E-state index in [1.165, 1.54) is 0 Å². The summed E-state index contributed by atoms with van der Waals surface area (Å²) in [5.74, 6) is 0.884. The van der Waals surface area contributed by atoms with E-state index in [-0.39, 0.29) is 0 Å². The molecule has 0 fully saturated rings. The Kier molecular flexibility index (Phi) is 3.44. The minimum Gasteiger partial charge on any atom is -0.494 e. The maximum Gasteiger partial charge on any atom is 0.119 e. The second kappa shape index (κ2) is 5.01. The Bertz CT molecular complexity index is 488. The lowest BCUT2D eigenvalue weighted by Gasteiger charge is -2.04. The Morgan fingerprint density at radius 3 is 2.59 bits per heavy atom. The van der Waals surface area contributed by atoms with Crippen LogP contribution in [0.4, 0.5) is 0 Å². The molecule has 0 saturated heterocycles. The molecule has 0 amide bonds. The van der Waals surface area contributed by atoms with Gasteiger partial charge in [0.1, 0.15) is 5.75 Å². The summed E-state index contributed by atoms with van der Waals surface area (Å²) in [4.78, 5) is 0. The lowest BCUT2D eigenvalue weighted by molar-refractivity contribution is 0.340. The molecule has 2 N–H and O–H groups in total. The molecule has 0 radical (unpaired) electrons. The maximum absolute atomic E-state index is 5.68. The predicted octanol–water partition coefficient (Wildman–Crippen LogP) is 1.94. The summed E-state index contributed by atoms with van der Waals surface area (Å²) in [7, 11) is 1.90. The molecule has 1 aromatic heterocycles. The lowest BCUT2D eigenvalue weighted by atomic mass is 10.1. The Balaban J connectivity index is 2.32. The molecular formula is C13H17N3O. The third-order valence-electron chi connectivity index (χ3n) is 2.57. The Morgan fingerprint density at radius 2 is 2.00 bits per heavy atom. The smallest absolute Gasteiger partial charge is 0.119 e. The fourth-order valence-electron chi connectivity index (χ4n) is 1.82. The molecule has 0 atom stereocenters. The van der Waals surface area contributed by atoms with E-state index in [0.717, 1.165) is 22.6 Å². The van der Waals surface area contributed by atoms with E-state index >= 15 is 0 Å². The van der Waals surface area contributed by atoms with Gasteiger partial charge in [0.25, 0.3) is 0 Å². The summed E-state index contributed by atoms with van der Waals surface area (Å²) >= 11 is 0. The maximum atomic E-state index is 5.68. The Morgan fingerprint density at radius 1 is 1.29 bits per heavy atom. The van der Waals surface area contributed by atoms with E-state index in [1.54, 1.807) is 4.68 Å². The highest BCUT2D eigenvalue weighted by Gasteiger charge is 2.08. The van der Waals surface area contributed by atoms with Crippen LogP contribution in [0.15, 0.2) is 30.5 Å². The van der Waals surface area contributed by atoms with E-state index in [1.807, 2.05) is 44.4 Å². The average molecular weight is 231 g/mol. The van der Waals surface area contributed by atoms with Crippen LogP contribution in [0.1, 0.15) is 12.6 Å². The first-order valence-electron chi connectivity index (χ1n) is 5.70. The summed E-state index contributed by atoms with van der Waals surface area (Å²) in [6, 6.07) is 7.99. The molecule has 0 unspecified atom stereocenters. The minimum atomic E-state index is 0.448. The van der Waals surface area contributed by atoms with Gasteiger partial charge in [-0.25, -0.2) is 0 Å². The molecule has 0 aliphatic heterocycles. The fraction of sp³-hybridized carbons (Fsp3) is 0.308. The average Bonchev–Trinajstić information content (AvgIpc) is 2.72. The SMILES string of the molecule is CCOc1ccc(-c2cn(C)nc2CN)cc1. The van der Waals surface area contributed by atoms with Crippen molar-refractivity contribution in [3.8, 4) is 16.9 Å². The van der Waals surface area contributed by atoms with Gasteiger partial charge >= 0.3 is 0 Å². The summed E-state index contributed by atoms with van der Waals surface area (Å²) in [6.45, 7) is 3.10. The zero-order valence-electron chi connectivity index (χ0n) is 10.2. The van der Waals surface area contributed by atoms with Gasteiger partial charge in [0.15, 0.2) is 0 Å². The number of nitrogens with two attached hydrogens (primary N) is 1. The number of aromatic nitrogens is 2. The van der Waals surface area contributed by atoms with E-state index in [0.29, 0.717) is 13.2 Å². The van der Waals surface area contributed by atoms with Crippen molar-refractivity contribution in [2.45, 2.75) is 13.5 Å². The first kappa shape index (κ1) is 11.7. The highest BCUT2D eigenvalue weighted by Crippen LogP contribution is 2.24. The third-order valence-corrected chi connectivity index (χ3v) is 2.57. The van der Waals surface area contributed by atoms with Gasteiger partial charge in [0, 0.05) is 25.4 Å². The number of benzene rings is 1. The molecule has 90 valence electrons. The second-order valence-electron chi connectivity index (χ2n) is 3.82. The number of aryl methyl sites for hydroxylation is 1. The Hall–Kier alpha value is -1.81. The van der Waals surface area contributed by atoms with Crippen molar-refractivity contribution in [1.29, 1.82) is 0 Å².